The van der Waals surface area contributed by atoms with Crippen molar-refractivity contribution in [2.45, 2.75) is 17.9 Å². The molecule has 24 heavy (non-hydrogen) atoms. The van der Waals surface area contributed by atoms with E-state index in [1.54, 1.807) is 25.1 Å². The Morgan fingerprint density at radius 3 is 2.50 bits per heavy atom. The molecule has 0 amide bonds. The third-order valence-corrected chi connectivity index (χ3v) is 5.57. The number of para-hydroxylation sites is 1. The third kappa shape index (κ3) is 3.92. The summed E-state index contributed by atoms with van der Waals surface area (Å²) >= 11 is 3.34. The number of nitro benzene ring substituents is 1. The van der Waals surface area contributed by atoms with Gasteiger partial charge in [0.1, 0.15) is 5.75 Å². The van der Waals surface area contributed by atoms with Crippen molar-refractivity contribution in [1.82, 2.24) is 4.72 Å². The second kappa shape index (κ2) is 7.29. The summed E-state index contributed by atoms with van der Waals surface area (Å²) in [4.78, 5) is 9.95. The van der Waals surface area contributed by atoms with Gasteiger partial charge in [0.15, 0.2) is 4.90 Å². The first-order valence-electron chi connectivity index (χ1n) is 6.85. The van der Waals surface area contributed by atoms with E-state index in [0.717, 1.165) is 6.07 Å². The summed E-state index contributed by atoms with van der Waals surface area (Å²) in [5, 5.41) is 11.0. The van der Waals surface area contributed by atoms with Gasteiger partial charge in [-0.2, -0.15) is 0 Å². The fourth-order valence-electron chi connectivity index (χ4n) is 2.15. The molecule has 0 radical (unpaired) electrons. The van der Waals surface area contributed by atoms with Crippen LogP contribution < -0.4 is 9.46 Å². The predicted molar refractivity (Wildman–Crippen MR) is 92.5 cm³/mol. The molecular formula is C15H15BrN2O5S. The van der Waals surface area contributed by atoms with Crippen LogP contribution in [0.4, 0.5) is 5.69 Å². The van der Waals surface area contributed by atoms with Gasteiger partial charge in [-0.05, 0) is 46.6 Å². The molecule has 0 aliphatic carbocycles. The number of nitrogens with zero attached hydrogens (tertiary/aromatic N) is 1. The van der Waals surface area contributed by atoms with E-state index in [1.807, 2.05) is 0 Å². The predicted octanol–water partition coefficient (Wildman–Crippen LogP) is 3.41. The second-order valence-corrected chi connectivity index (χ2v) is 7.50. The number of hydrogen-bond acceptors (Lipinski definition) is 5. The molecule has 0 fully saturated rings. The number of nitro groups is 1. The van der Waals surface area contributed by atoms with E-state index in [9.17, 15) is 18.5 Å². The van der Waals surface area contributed by atoms with Crippen molar-refractivity contribution in [3.05, 3.63) is 62.6 Å². The van der Waals surface area contributed by atoms with Crippen molar-refractivity contribution in [1.29, 1.82) is 0 Å². The monoisotopic (exact) mass is 414 g/mol. The number of sulfonamides is 1. The van der Waals surface area contributed by atoms with Gasteiger partial charge in [-0.15, -0.1) is 0 Å². The lowest BCUT2D eigenvalue weighted by atomic mass is 10.1. The summed E-state index contributed by atoms with van der Waals surface area (Å²) < 4.78 is 33.3. The minimum atomic E-state index is -4.05. The summed E-state index contributed by atoms with van der Waals surface area (Å²) in [6.07, 6.45) is 0. The quantitative estimate of drug-likeness (QED) is 0.576. The van der Waals surface area contributed by atoms with Gasteiger partial charge in [-0.3, -0.25) is 10.1 Å². The van der Waals surface area contributed by atoms with Gasteiger partial charge in [0, 0.05) is 12.1 Å². The van der Waals surface area contributed by atoms with E-state index < -0.39 is 26.7 Å². The highest BCUT2D eigenvalue weighted by atomic mass is 79.9. The van der Waals surface area contributed by atoms with Gasteiger partial charge in [0.25, 0.3) is 5.69 Å². The van der Waals surface area contributed by atoms with Gasteiger partial charge < -0.3 is 4.74 Å². The first-order chi connectivity index (χ1) is 11.3. The molecule has 7 nitrogen and oxygen atoms in total. The van der Waals surface area contributed by atoms with Crippen molar-refractivity contribution in [3.8, 4) is 5.75 Å². The second-order valence-electron chi connectivity index (χ2n) is 4.96. The van der Waals surface area contributed by atoms with Crippen LogP contribution in [0.5, 0.6) is 5.75 Å². The Balaban J connectivity index is 2.32. The molecule has 0 aromatic heterocycles. The lowest BCUT2D eigenvalue weighted by Gasteiger charge is -2.16. The normalized spacial score (nSPS) is 12.6. The molecule has 0 saturated carbocycles. The van der Waals surface area contributed by atoms with Crippen LogP contribution in [-0.4, -0.2) is 20.5 Å². The first kappa shape index (κ1) is 18.4. The van der Waals surface area contributed by atoms with Gasteiger partial charge in [0.05, 0.1) is 16.5 Å². The number of methoxy groups -OCH3 is 1. The molecule has 2 aromatic carbocycles. The zero-order valence-electron chi connectivity index (χ0n) is 12.9. The highest BCUT2D eigenvalue weighted by molar-refractivity contribution is 9.10. The molecule has 0 bridgehead atoms. The summed E-state index contributed by atoms with van der Waals surface area (Å²) in [5.41, 5.74) is 0.220. The average Bonchev–Trinajstić information content (AvgIpc) is 2.54. The van der Waals surface area contributed by atoms with Gasteiger partial charge in [-0.25, -0.2) is 13.1 Å². The minimum absolute atomic E-state index is 0.366. The molecule has 128 valence electrons. The topological polar surface area (TPSA) is 98.5 Å². The lowest BCUT2D eigenvalue weighted by Crippen LogP contribution is -2.27. The van der Waals surface area contributed by atoms with Crippen LogP contribution in [0.15, 0.2) is 51.8 Å². The van der Waals surface area contributed by atoms with Crippen LogP contribution in [0.3, 0.4) is 0 Å². The SMILES string of the molecule is COc1ccc(C(C)NS(=O)(=O)c2ccccc2[N+](=O)[O-])cc1Br. The fraction of sp³-hybridized carbons (Fsp3) is 0.200. The molecule has 0 aliphatic heterocycles. The molecule has 2 rings (SSSR count). The highest BCUT2D eigenvalue weighted by Gasteiger charge is 2.27. The Hall–Kier alpha value is -1.97. The van der Waals surface area contributed by atoms with E-state index >= 15 is 0 Å². The summed E-state index contributed by atoms with van der Waals surface area (Å²) in [5.74, 6) is 0.618. The van der Waals surface area contributed by atoms with Gasteiger partial charge in [0.2, 0.25) is 10.0 Å². The van der Waals surface area contributed by atoms with Crippen molar-refractivity contribution < 1.29 is 18.1 Å². The van der Waals surface area contributed by atoms with Crippen LogP contribution in [0.25, 0.3) is 0 Å². The van der Waals surface area contributed by atoms with Crippen molar-refractivity contribution in [2.24, 2.45) is 0 Å². The number of rotatable bonds is 6. The largest absolute Gasteiger partial charge is 0.496 e. The molecular weight excluding hydrogens is 400 g/mol. The Morgan fingerprint density at radius 2 is 1.92 bits per heavy atom. The average molecular weight is 415 g/mol. The maximum atomic E-state index is 12.5. The Labute approximate surface area is 148 Å². The zero-order valence-corrected chi connectivity index (χ0v) is 15.3. The zero-order chi connectivity index (χ0) is 17.9. The van der Waals surface area contributed by atoms with E-state index in [-0.39, 0.29) is 4.90 Å². The lowest BCUT2D eigenvalue weighted by molar-refractivity contribution is -0.387. The van der Waals surface area contributed by atoms with Crippen LogP contribution in [0.2, 0.25) is 0 Å². The number of ether oxygens (including phenoxy) is 1. The maximum Gasteiger partial charge on any atom is 0.289 e. The van der Waals surface area contributed by atoms with Gasteiger partial charge in [-0.1, -0.05) is 18.2 Å². The Bertz CT molecular complexity index is 870. The van der Waals surface area contributed by atoms with Crippen LogP contribution >= 0.6 is 15.9 Å². The van der Waals surface area contributed by atoms with E-state index in [4.69, 9.17) is 4.74 Å². The molecule has 0 heterocycles. The van der Waals surface area contributed by atoms with E-state index in [0.29, 0.717) is 15.8 Å². The van der Waals surface area contributed by atoms with Crippen molar-refractivity contribution >= 4 is 31.6 Å². The standard InChI is InChI=1S/C15H15BrN2O5S/c1-10(11-7-8-14(23-2)12(16)9-11)17-24(21,22)15-6-4-3-5-13(15)18(19)20/h3-10,17H,1-2H3. The number of benzene rings is 2. The molecule has 9 heteroatoms. The van der Waals surface area contributed by atoms with Crippen molar-refractivity contribution in [2.75, 3.05) is 7.11 Å². The highest BCUT2D eigenvalue weighted by Crippen LogP contribution is 2.29. The minimum Gasteiger partial charge on any atom is -0.496 e. The van der Waals surface area contributed by atoms with E-state index in [2.05, 4.69) is 20.7 Å². The Kier molecular flexibility index (Phi) is 5.58. The van der Waals surface area contributed by atoms with Crippen molar-refractivity contribution in [3.63, 3.8) is 0 Å². The van der Waals surface area contributed by atoms with Crippen LogP contribution in [-0.2, 0) is 10.0 Å². The van der Waals surface area contributed by atoms with Crippen LogP contribution in [0.1, 0.15) is 18.5 Å². The summed E-state index contributed by atoms with van der Waals surface area (Å²) in [7, 11) is -2.52. The molecule has 2 aromatic rings. The molecule has 0 spiro atoms. The molecule has 1 N–H and O–H groups in total. The maximum absolute atomic E-state index is 12.5. The van der Waals surface area contributed by atoms with E-state index in [1.165, 1.54) is 25.3 Å². The summed E-state index contributed by atoms with van der Waals surface area (Å²) in [6.45, 7) is 1.65. The number of hydrogen-bond donors (Lipinski definition) is 1. The number of nitrogens with one attached hydrogen (secondary N) is 1. The molecule has 0 saturated heterocycles. The number of halogens is 1. The third-order valence-electron chi connectivity index (χ3n) is 3.36. The summed E-state index contributed by atoms with van der Waals surface area (Å²) in [6, 6.07) is 9.78. The molecule has 0 aliphatic rings. The molecule has 1 atom stereocenters. The fourth-order valence-corrected chi connectivity index (χ4v) is 4.11. The smallest absolute Gasteiger partial charge is 0.289 e. The van der Waals surface area contributed by atoms with Crippen LogP contribution in [0, 0.1) is 10.1 Å². The van der Waals surface area contributed by atoms with Gasteiger partial charge >= 0.3 is 0 Å². The Morgan fingerprint density at radius 1 is 1.25 bits per heavy atom. The first-order valence-corrected chi connectivity index (χ1v) is 9.13. The molecule has 1 unspecified atom stereocenters.